The van der Waals surface area contributed by atoms with Crippen LogP contribution in [-0.2, 0) is 9.59 Å². The van der Waals surface area contributed by atoms with Crippen LogP contribution in [0.4, 0.5) is 0 Å². The summed E-state index contributed by atoms with van der Waals surface area (Å²) in [5, 5.41) is 11.4. The molecule has 0 aromatic carbocycles. The average molecular weight is 225 g/mol. The maximum absolute atomic E-state index is 11.7. The minimum atomic E-state index is -1.08. The molecule has 1 saturated carbocycles. The molecule has 0 radical (unpaired) electrons. The zero-order valence-corrected chi connectivity index (χ0v) is 10.2. The Morgan fingerprint density at radius 2 is 1.94 bits per heavy atom. The molecule has 1 rings (SSSR count). The minimum Gasteiger partial charge on any atom is -0.477 e. The number of nitrogens with one attached hydrogen (secondary N) is 1. The van der Waals surface area contributed by atoms with E-state index in [1.165, 1.54) is 0 Å². The van der Waals surface area contributed by atoms with Crippen LogP contribution in [0.5, 0.6) is 0 Å². The van der Waals surface area contributed by atoms with E-state index in [1.54, 1.807) is 6.08 Å². The van der Waals surface area contributed by atoms with Crippen molar-refractivity contribution in [2.45, 2.75) is 34.1 Å². The van der Waals surface area contributed by atoms with Gasteiger partial charge in [-0.1, -0.05) is 33.8 Å². The first-order valence-corrected chi connectivity index (χ1v) is 5.50. The van der Waals surface area contributed by atoms with Gasteiger partial charge >= 0.3 is 5.97 Å². The number of allylic oxidation sites excluding steroid dienone is 1. The van der Waals surface area contributed by atoms with Gasteiger partial charge in [0.25, 0.3) is 0 Å². The van der Waals surface area contributed by atoms with E-state index in [9.17, 15) is 9.59 Å². The van der Waals surface area contributed by atoms with Crippen molar-refractivity contribution in [2.75, 3.05) is 0 Å². The Kier molecular flexibility index (Phi) is 3.41. The molecule has 1 aliphatic carbocycles. The van der Waals surface area contributed by atoms with Gasteiger partial charge in [-0.05, 0) is 17.8 Å². The molecule has 90 valence electrons. The number of hydrogen-bond donors (Lipinski definition) is 2. The highest BCUT2D eigenvalue weighted by molar-refractivity contribution is 5.94. The monoisotopic (exact) mass is 225 g/mol. The molecular formula is C12H19NO3. The Labute approximate surface area is 95.7 Å². The van der Waals surface area contributed by atoms with Crippen LogP contribution < -0.4 is 5.32 Å². The topological polar surface area (TPSA) is 66.4 Å². The summed E-state index contributed by atoms with van der Waals surface area (Å²) in [7, 11) is 0. The second kappa shape index (κ2) is 4.28. The summed E-state index contributed by atoms with van der Waals surface area (Å²) in [6.07, 6.45) is 2.38. The summed E-state index contributed by atoms with van der Waals surface area (Å²) in [6.45, 7) is 7.75. The van der Waals surface area contributed by atoms with E-state index in [-0.39, 0.29) is 28.9 Å². The highest BCUT2D eigenvalue weighted by atomic mass is 16.4. The number of aliphatic carboxylic acids is 1. The Bertz CT molecular complexity index is 342. The van der Waals surface area contributed by atoms with Crippen molar-refractivity contribution in [3.8, 4) is 0 Å². The molecular weight excluding hydrogens is 206 g/mol. The molecule has 4 heteroatoms. The smallest absolute Gasteiger partial charge is 0.352 e. The average Bonchev–Trinajstić information content (AvgIpc) is 2.73. The van der Waals surface area contributed by atoms with Crippen molar-refractivity contribution >= 4 is 11.9 Å². The van der Waals surface area contributed by atoms with Crippen molar-refractivity contribution in [2.24, 2.45) is 17.3 Å². The maximum atomic E-state index is 11.7. The van der Waals surface area contributed by atoms with Gasteiger partial charge < -0.3 is 10.4 Å². The number of carbonyl (C=O) groups is 2. The molecule has 0 heterocycles. The highest BCUT2D eigenvalue weighted by Crippen LogP contribution is 2.51. The fourth-order valence-electron chi connectivity index (χ4n) is 1.63. The first-order chi connectivity index (χ1) is 7.24. The highest BCUT2D eigenvalue weighted by Gasteiger charge is 2.50. The third-order valence-electron chi connectivity index (χ3n) is 2.82. The summed E-state index contributed by atoms with van der Waals surface area (Å²) in [6, 6.07) is 0. The number of carboxylic acids is 1. The van der Waals surface area contributed by atoms with Crippen LogP contribution >= 0.6 is 0 Å². The van der Waals surface area contributed by atoms with Crippen LogP contribution in [0.25, 0.3) is 0 Å². The summed E-state index contributed by atoms with van der Waals surface area (Å²) in [5.74, 6) is -1.22. The Morgan fingerprint density at radius 3 is 2.25 bits per heavy atom. The molecule has 1 aliphatic rings. The van der Waals surface area contributed by atoms with E-state index in [0.29, 0.717) is 0 Å². The van der Waals surface area contributed by atoms with E-state index in [4.69, 9.17) is 5.11 Å². The molecule has 1 fully saturated rings. The third-order valence-corrected chi connectivity index (χ3v) is 2.82. The molecule has 2 N–H and O–H groups in total. The quantitative estimate of drug-likeness (QED) is 0.717. The van der Waals surface area contributed by atoms with Crippen LogP contribution in [0.2, 0.25) is 0 Å². The number of carboxylic acid groups (broad SMARTS) is 1. The Morgan fingerprint density at radius 1 is 1.44 bits per heavy atom. The summed E-state index contributed by atoms with van der Waals surface area (Å²) in [4.78, 5) is 22.6. The van der Waals surface area contributed by atoms with Gasteiger partial charge in [-0.25, -0.2) is 4.79 Å². The van der Waals surface area contributed by atoms with Gasteiger partial charge in [0.2, 0.25) is 5.91 Å². The van der Waals surface area contributed by atoms with Crippen LogP contribution in [-0.4, -0.2) is 17.0 Å². The third kappa shape index (κ3) is 3.08. The van der Waals surface area contributed by atoms with Crippen molar-refractivity contribution in [3.63, 3.8) is 0 Å². The van der Waals surface area contributed by atoms with Gasteiger partial charge in [0.1, 0.15) is 5.70 Å². The second-order valence-corrected chi connectivity index (χ2v) is 5.36. The lowest BCUT2D eigenvalue weighted by Gasteiger charge is -2.08. The van der Waals surface area contributed by atoms with Crippen LogP contribution in [0.1, 0.15) is 34.1 Å². The van der Waals surface area contributed by atoms with E-state index in [0.717, 1.165) is 6.42 Å². The van der Waals surface area contributed by atoms with E-state index in [1.807, 2.05) is 27.7 Å². The fraction of sp³-hybridized carbons (Fsp3) is 0.667. The number of amides is 1. The molecule has 0 aromatic rings. The number of carbonyl (C=O) groups excluding carboxylic acids is 1. The standard InChI is InChI=1S/C12H19NO3/c1-7(2)5-9(11(15)16)13-10(14)8-6-12(8,3)4/h5,7-8H,6H2,1-4H3,(H,13,14)(H,15,16)/b9-5+. The summed E-state index contributed by atoms with van der Waals surface area (Å²) < 4.78 is 0. The van der Waals surface area contributed by atoms with Crippen molar-refractivity contribution < 1.29 is 14.7 Å². The van der Waals surface area contributed by atoms with Crippen molar-refractivity contribution in [3.05, 3.63) is 11.8 Å². The molecule has 1 unspecified atom stereocenters. The second-order valence-electron chi connectivity index (χ2n) is 5.36. The van der Waals surface area contributed by atoms with Gasteiger partial charge in [0, 0.05) is 5.92 Å². The van der Waals surface area contributed by atoms with Crippen molar-refractivity contribution in [1.82, 2.24) is 5.32 Å². The van der Waals surface area contributed by atoms with Gasteiger partial charge in [-0.15, -0.1) is 0 Å². The Balaban J connectivity index is 2.64. The van der Waals surface area contributed by atoms with E-state index in [2.05, 4.69) is 5.32 Å². The normalized spacial score (nSPS) is 23.1. The zero-order chi connectivity index (χ0) is 12.5. The van der Waals surface area contributed by atoms with Crippen LogP contribution in [0, 0.1) is 17.3 Å². The molecule has 0 spiro atoms. The number of rotatable bonds is 4. The molecule has 4 nitrogen and oxygen atoms in total. The van der Waals surface area contributed by atoms with Crippen molar-refractivity contribution in [1.29, 1.82) is 0 Å². The molecule has 1 atom stereocenters. The van der Waals surface area contributed by atoms with Gasteiger partial charge in [-0.2, -0.15) is 0 Å². The lowest BCUT2D eigenvalue weighted by Crippen LogP contribution is -2.30. The Hall–Kier alpha value is -1.32. The number of hydrogen-bond acceptors (Lipinski definition) is 2. The van der Waals surface area contributed by atoms with E-state index < -0.39 is 5.97 Å². The largest absolute Gasteiger partial charge is 0.477 e. The summed E-state index contributed by atoms with van der Waals surface area (Å²) in [5.41, 5.74) is 0.00798. The van der Waals surface area contributed by atoms with Gasteiger partial charge in [-0.3, -0.25) is 4.79 Å². The molecule has 16 heavy (non-hydrogen) atoms. The van der Waals surface area contributed by atoms with Gasteiger partial charge in [0.05, 0.1) is 0 Å². The SMILES string of the molecule is CC(C)/C=C(/NC(=O)C1CC1(C)C)C(=O)O. The molecule has 0 saturated heterocycles. The summed E-state index contributed by atoms with van der Waals surface area (Å²) >= 11 is 0. The lowest BCUT2D eigenvalue weighted by atomic mass is 10.1. The molecule has 1 amide bonds. The zero-order valence-electron chi connectivity index (χ0n) is 10.2. The molecule has 0 aliphatic heterocycles. The predicted molar refractivity (Wildman–Crippen MR) is 60.6 cm³/mol. The van der Waals surface area contributed by atoms with Crippen LogP contribution in [0.3, 0.4) is 0 Å². The first kappa shape index (κ1) is 12.7. The molecule has 0 aromatic heterocycles. The molecule has 0 bridgehead atoms. The van der Waals surface area contributed by atoms with Gasteiger partial charge in [0.15, 0.2) is 0 Å². The van der Waals surface area contributed by atoms with Crippen LogP contribution in [0.15, 0.2) is 11.8 Å². The first-order valence-electron chi connectivity index (χ1n) is 5.50. The maximum Gasteiger partial charge on any atom is 0.352 e. The fourth-order valence-corrected chi connectivity index (χ4v) is 1.63. The lowest BCUT2D eigenvalue weighted by molar-refractivity contribution is -0.135. The van der Waals surface area contributed by atoms with E-state index >= 15 is 0 Å². The predicted octanol–water partition coefficient (Wildman–Crippen LogP) is 1.77. The minimum absolute atomic E-state index is 0.0114.